The van der Waals surface area contributed by atoms with Crippen LogP contribution in [0.1, 0.15) is 31.0 Å². The molecule has 1 saturated heterocycles. The van der Waals surface area contributed by atoms with Crippen LogP contribution in [-0.2, 0) is 4.79 Å². The van der Waals surface area contributed by atoms with Crippen molar-refractivity contribution < 1.29 is 9.59 Å². The van der Waals surface area contributed by atoms with E-state index in [1.54, 1.807) is 4.90 Å². The number of hydrogen-bond acceptors (Lipinski definition) is 2. The quantitative estimate of drug-likeness (QED) is 0.870. The van der Waals surface area contributed by atoms with Crippen LogP contribution in [0.25, 0.3) is 0 Å². The molecular formula is C14H18N2O2. The monoisotopic (exact) mass is 246 g/mol. The zero-order valence-corrected chi connectivity index (χ0v) is 10.9. The highest BCUT2D eigenvalue weighted by atomic mass is 16.2. The van der Waals surface area contributed by atoms with Crippen LogP contribution in [0, 0.1) is 12.8 Å². The van der Waals surface area contributed by atoms with Crippen LogP contribution in [0.3, 0.4) is 0 Å². The lowest BCUT2D eigenvalue weighted by atomic mass is 9.99. The number of amides is 3. The van der Waals surface area contributed by atoms with Gasteiger partial charge in [0, 0.05) is 6.54 Å². The minimum absolute atomic E-state index is 0.0262. The predicted octanol–water partition coefficient (Wildman–Crippen LogP) is 2.24. The normalized spacial score (nSPS) is 21.7. The lowest BCUT2D eigenvalue weighted by Crippen LogP contribution is -2.54. The molecule has 18 heavy (non-hydrogen) atoms. The lowest BCUT2D eigenvalue weighted by molar-refractivity contribution is -0.125. The van der Waals surface area contributed by atoms with E-state index in [9.17, 15) is 9.59 Å². The van der Waals surface area contributed by atoms with Gasteiger partial charge in [-0.1, -0.05) is 31.2 Å². The van der Waals surface area contributed by atoms with Crippen LogP contribution in [0.2, 0.25) is 0 Å². The molecule has 3 amide bonds. The van der Waals surface area contributed by atoms with Gasteiger partial charge in [-0.3, -0.25) is 10.1 Å². The average Bonchev–Trinajstić information content (AvgIpc) is 2.33. The molecule has 96 valence electrons. The molecule has 1 aliphatic rings. The van der Waals surface area contributed by atoms with E-state index >= 15 is 0 Å². The Morgan fingerprint density at radius 2 is 2.00 bits per heavy atom. The van der Waals surface area contributed by atoms with Crippen molar-refractivity contribution in [2.24, 2.45) is 5.92 Å². The number of nitrogens with one attached hydrogen (secondary N) is 1. The van der Waals surface area contributed by atoms with Gasteiger partial charge in [0.15, 0.2) is 0 Å². The van der Waals surface area contributed by atoms with Crippen molar-refractivity contribution in [1.82, 2.24) is 10.2 Å². The SMILES string of the molecule is Cc1ccccc1C(C)N1CC(C)C(=O)NC1=O. The molecular weight excluding hydrogens is 228 g/mol. The van der Waals surface area contributed by atoms with E-state index < -0.39 is 0 Å². The second-order valence-electron chi connectivity index (χ2n) is 4.88. The molecule has 0 bridgehead atoms. The number of hydrogen-bond donors (Lipinski definition) is 1. The summed E-state index contributed by atoms with van der Waals surface area (Å²) in [6.07, 6.45) is 0. The third-order valence-electron chi connectivity index (χ3n) is 3.52. The van der Waals surface area contributed by atoms with Crippen molar-refractivity contribution in [2.75, 3.05) is 6.54 Å². The summed E-state index contributed by atoms with van der Waals surface area (Å²) >= 11 is 0. The van der Waals surface area contributed by atoms with E-state index in [0.29, 0.717) is 6.54 Å². The fourth-order valence-electron chi connectivity index (χ4n) is 2.32. The molecule has 4 nitrogen and oxygen atoms in total. The van der Waals surface area contributed by atoms with Gasteiger partial charge in [-0.25, -0.2) is 4.79 Å². The van der Waals surface area contributed by atoms with Crippen molar-refractivity contribution >= 4 is 11.9 Å². The minimum atomic E-state index is -0.297. The van der Waals surface area contributed by atoms with Gasteiger partial charge in [0.05, 0.1) is 12.0 Å². The second-order valence-corrected chi connectivity index (χ2v) is 4.88. The summed E-state index contributed by atoms with van der Waals surface area (Å²) in [5.41, 5.74) is 2.27. The summed E-state index contributed by atoms with van der Waals surface area (Å²) in [5, 5.41) is 2.40. The van der Waals surface area contributed by atoms with E-state index in [1.807, 2.05) is 45.0 Å². The third kappa shape index (κ3) is 2.23. The number of rotatable bonds is 2. The molecule has 1 N–H and O–H groups in total. The van der Waals surface area contributed by atoms with Crippen LogP contribution in [0.15, 0.2) is 24.3 Å². The first-order chi connectivity index (χ1) is 8.50. The Bertz CT molecular complexity index is 484. The number of carbonyl (C=O) groups is 2. The van der Waals surface area contributed by atoms with Crippen LogP contribution in [-0.4, -0.2) is 23.4 Å². The van der Waals surface area contributed by atoms with Gasteiger partial charge in [0.25, 0.3) is 0 Å². The Morgan fingerprint density at radius 3 is 2.67 bits per heavy atom. The summed E-state index contributed by atoms with van der Waals surface area (Å²) < 4.78 is 0. The molecule has 0 aliphatic carbocycles. The Morgan fingerprint density at radius 1 is 1.33 bits per heavy atom. The molecule has 0 spiro atoms. The van der Waals surface area contributed by atoms with E-state index in [-0.39, 0.29) is 23.9 Å². The van der Waals surface area contributed by atoms with Crippen molar-refractivity contribution in [3.8, 4) is 0 Å². The summed E-state index contributed by atoms with van der Waals surface area (Å²) in [6, 6.07) is 7.68. The number of carbonyl (C=O) groups excluding carboxylic acids is 2. The minimum Gasteiger partial charge on any atom is -0.317 e. The Hall–Kier alpha value is -1.84. The van der Waals surface area contributed by atoms with Gasteiger partial charge < -0.3 is 4.90 Å². The van der Waals surface area contributed by atoms with E-state index in [4.69, 9.17) is 0 Å². The van der Waals surface area contributed by atoms with Gasteiger partial charge in [-0.15, -0.1) is 0 Å². The average molecular weight is 246 g/mol. The third-order valence-corrected chi connectivity index (χ3v) is 3.52. The summed E-state index contributed by atoms with van der Waals surface area (Å²) in [6.45, 7) is 6.33. The van der Waals surface area contributed by atoms with Gasteiger partial charge in [-0.2, -0.15) is 0 Å². The van der Waals surface area contributed by atoms with Crippen LogP contribution in [0.5, 0.6) is 0 Å². The first-order valence-electron chi connectivity index (χ1n) is 6.17. The Kier molecular flexibility index (Phi) is 3.36. The van der Waals surface area contributed by atoms with E-state index in [2.05, 4.69) is 5.32 Å². The van der Waals surface area contributed by atoms with Crippen LogP contribution in [0.4, 0.5) is 4.79 Å². The highest BCUT2D eigenvalue weighted by Gasteiger charge is 2.32. The summed E-state index contributed by atoms with van der Waals surface area (Å²) in [5.74, 6) is -0.345. The number of nitrogens with zero attached hydrogens (tertiary/aromatic N) is 1. The molecule has 0 radical (unpaired) electrons. The largest absolute Gasteiger partial charge is 0.324 e. The molecule has 1 fully saturated rings. The number of benzene rings is 1. The maximum absolute atomic E-state index is 11.9. The topological polar surface area (TPSA) is 49.4 Å². The van der Waals surface area contributed by atoms with E-state index in [0.717, 1.165) is 11.1 Å². The first kappa shape index (κ1) is 12.6. The number of urea groups is 1. The lowest BCUT2D eigenvalue weighted by Gasteiger charge is -2.35. The number of aryl methyl sites for hydroxylation is 1. The van der Waals surface area contributed by atoms with Crippen molar-refractivity contribution in [2.45, 2.75) is 26.8 Å². The maximum Gasteiger partial charge on any atom is 0.324 e. The highest BCUT2D eigenvalue weighted by molar-refractivity contribution is 5.97. The molecule has 1 heterocycles. The predicted molar refractivity (Wildman–Crippen MR) is 69.0 cm³/mol. The van der Waals surface area contributed by atoms with Gasteiger partial charge in [-0.05, 0) is 25.0 Å². The fraction of sp³-hybridized carbons (Fsp3) is 0.429. The number of imide groups is 1. The van der Waals surface area contributed by atoms with Crippen molar-refractivity contribution in [3.05, 3.63) is 35.4 Å². The van der Waals surface area contributed by atoms with Gasteiger partial charge in [0.2, 0.25) is 5.91 Å². The molecule has 1 aliphatic heterocycles. The summed E-state index contributed by atoms with van der Waals surface area (Å²) in [4.78, 5) is 25.0. The summed E-state index contributed by atoms with van der Waals surface area (Å²) in [7, 11) is 0. The van der Waals surface area contributed by atoms with E-state index in [1.165, 1.54) is 0 Å². The zero-order chi connectivity index (χ0) is 13.3. The second kappa shape index (κ2) is 4.80. The van der Waals surface area contributed by atoms with Crippen molar-refractivity contribution in [3.63, 3.8) is 0 Å². The van der Waals surface area contributed by atoms with Crippen molar-refractivity contribution in [1.29, 1.82) is 0 Å². The molecule has 2 atom stereocenters. The fourth-order valence-corrected chi connectivity index (χ4v) is 2.32. The van der Waals surface area contributed by atoms with Gasteiger partial charge >= 0.3 is 6.03 Å². The zero-order valence-electron chi connectivity index (χ0n) is 10.9. The molecule has 2 rings (SSSR count). The standard InChI is InChI=1S/C14H18N2O2/c1-9-6-4-5-7-12(9)11(3)16-8-10(2)13(17)15-14(16)18/h4-7,10-11H,8H2,1-3H3,(H,15,17,18). The maximum atomic E-state index is 11.9. The van der Waals surface area contributed by atoms with Crippen LogP contribution < -0.4 is 5.32 Å². The Balaban J connectivity index is 2.24. The Labute approximate surface area is 107 Å². The molecule has 1 aromatic rings. The van der Waals surface area contributed by atoms with Crippen LogP contribution >= 0.6 is 0 Å². The molecule has 1 aromatic carbocycles. The molecule has 4 heteroatoms. The highest BCUT2D eigenvalue weighted by Crippen LogP contribution is 2.25. The smallest absolute Gasteiger partial charge is 0.317 e. The molecule has 0 aromatic heterocycles. The molecule has 2 unspecified atom stereocenters. The van der Waals surface area contributed by atoms with Gasteiger partial charge in [0.1, 0.15) is 0 Å². The first-order valence-corrected chi connectivity index (χ1v) is 6.17. The molecule has 0 saturated carbocycles.